The van der Waals surface area contributed by atoms with Crippen molar-refractivity contribution in [1.82, 2.24) is 10.1 Å². The highest BCUT2D eigenvalue weighted by atomic mass is 16.5. The average molecular weight is 354 g/mol. The molecule has 3 rings (SSSR count). The van der Waals surface area contributed by atoms with Crippen LogP contribution in [0.5, 0.6) is 17.2 Å². The minimum absolute atomic E-state index is 0.121. The number of hydrogen-bond donors (Lipinski definition) is 0. The molecule has 7 nitrogen and oxygen atoms in total. The third-order valence-electron chi connectivity index (χ3n) is 3.70. The quantitative estimate of drug-likeness (QED) is 0.602. The van der Waals surface area contributed by atoms with E-state index in [1.165, 1.54) is 7.11 Å². The molecule has 0 saturated heterocycles. The predicted molar refractivity (Wildman–Crippen MR) is 93.8 cm³/mol. The number of aryl methyl sites for hydroxylation is 1. The number of Topliss-reactive ketones (excluding diaryl/α,β-unsaturated/α-hetero) is 1. The molecule has 0 aliphatic heterocycles. The Balaban J connectivity index is 1.74. The summed E-state index contributed by atoms with van der Waals surface area (Å²) >= 11 is 0. The topological polar surface area (TPSA) is 83.7 Å². The van der Waals surface area contributed by atoms with E-state index in [0.29, 0.717) is 34.5 Å². The van der Waals surface area contributed by atoms with E-state index >= 15 is 0 Å². The Morgan fingerprint density at radius 2 is 1.92 bits per heavy atom. The molecule has 1 aromatic heterocycles. The van der Waals surface area contributed by atoms with Crippen LogP contribution >= 0.6 is 0 Å². The summed E-state index contributed by atoms with van der Waals surface area (Å²) in [5.74, 6) is 2.32. The van der Waals surface area contributed by atoms with Crippen LogP contribution in [0.25, 0.3) is 11.4 Å². The Labute approximate surface area is 150 Å². The van der Waals surface area contributed by atoms with Gasteiger partial charge < -0.3 is 18.7 Å². The minimum Gasteiger partial charge on any atom is -0.497 e. The Morgan fingerprint density at radius 3 is 2.62 bits per heavy atom. The van der Waals surface area contributed by atoms with E-state index < -0.39 is 0 Å². The van der Waals surface area contributed by atoms with Crippen molar-refractivity contribution < 1.29 is 23.5 Å². The summed E-state index contributed by atoms with van der Waals surface area (Å²) in [6.07, 6.45) is 0. The second kappa shape index (κ2) is 7.69. The van der Waals surface area contributed by atoms with E-state index in [2.05, 4.69) is 10.1 Å². The molecule has 134 valence electrons. The molecule has 26 heavy (non-hydrogen) atoms. The second-order valence-corrected chi connectivity index (χ2v) is 5.45. The van der Waals surface area contributed by atoms with Crippen LogP contribution in [0.1, 0.15) is 16.2 Å². The summed E-state index contributed by atoms with van der Waals surface area (Å²) in [7, 11) is 3.08. The van der Waals surface area contributed by atoms with Crippen LogP contribution in [0.4, 0.5) is 0 Å². The standard InChI is InChI=1S/C19H18N2O5/c1-12-20-19(21-26-12)14-7-8-17(18(10-14)24-3)25-11-16(22)13-5-4-6-15(9-13)23-2/h4-10H,11H2,1-3H3. The number of ketones is 1. The van der Waals surface area contributed by atoms with Crippen molar-refractivity contribution in [2.24, 2.45) is 0 Å². The molecule has 0 unspecified atom stereocenters. The maximum atomic E-state index is 12.3. The predicted octanol–water partition coefficient (Wildman–Crippen LogP) is 3.32. The molecule has 0 saturated carbocycles. The van der Waals surface area contributed by atoms with E-state index in [-0.39, 0.29) is 12.4 Å². The summed E-state index contributed by atoms with van der Waals surface area (Å²) in [5, 5.41) is 3.87. The average Bonchev–Trinajstić information content (AvgIpc) is 3.12. The molecule has 0 fully saturated rings. The Hall–Kier alpha value is -3.35. The Morgan fingerprint density at radius 1 is 1.08 bits per heavy atom. The van der Waals surface area contributed by atoms with Crippen LogP contribution in [0.2, 0.25) is 0 Å². The van der Waals surface area contributed by atoms with Gasteiger partial charge in [-0.05, 0) is 30.3 Å². The lowest BCUT2D eigenvalue weighted by Gasteiger charge is -2.11. The fraction of sp³-hybridized carbons (Fsp3) is 0.211. The van der Waals surface area contributed by atoms with Crippen LogP contribution < -0.4 is 14.2 Å². The summed E-state index contributed by atoms with van der Waals surface area (Å²) in [6.45, 7) is 1.60. The van der Waals surface area contributed by atoms with Crippen LogP contribution in [0.15, 0.2) is 47.0 Å². The molecule has 0 spiro atoms. The minimum atomic E-state index is -0.163. The number of carbonyl (C=O) groups excluding carboxylic acids is 1. The van der Waals surface area contributed by atoms with Crippen molar-refractivity contribution in [2.45, 2.75) is 6.92 Å². The van der Waals surface area contributed by atoms with Gasteiger partial charge in [-0.2, -0.15) is 4.98 Å². The van der Waals surface area contributed by atoms with E-state index in [1.807, 2.05) is 0 Å². The van der Waals surface area contributed by atoms with Crippen molar-refractivity contribution in [2.75, 3.05) is 20.8 Å². The number of hydrogen-bond acceptors (Lipinski definition) is 7. The van der Waals surface area contributed by atoms with Crippen molar-refractivity contribution >= 4 is 5.78 Å². The number of ether oxygens (including phenoxy) is 3. The number of nitrogens with zero attached hydrogens (tertiary/aromatic N) is 2. The number of carbonyl (C=O) groups is 1. The van der Waals surface area contributed by atoms with Gasteiger partial charge in [0.05, 0.1) is 14.2 Å². The molecule has 0 aliphatic carbocycles. The highest BCUT2D eigenvalue weighted by Gasteiger charge is 2.13. The first-order chi connectivity index (χ1) is 12.6. The first-order valence-electron chi connectivity index (χ1n) is 7.89. The third-order valence-corrected chi connectivity index (χ3v) is 3.70. The molecule has 0 atom stereocenters. The van der Waals surface area contributed by atoms with Gasteiger partial charge in [-0.15, -0.1) is 0 Å². The Bertz CT molecular complexity index is 920. The second-order valence-electron chi connectivity index (χ2n) is 5.45. The maximum absolute atomic E-state index is 12.3. The highest BCUT2D eigenvalue weighted by Crippen LogP contribution is 2.31. The van der Waals surface area contributed by atoms with Crippen molar-refractivity contribution in [3.63, 3.8) is 0 Å². The molecule has 0 bridgehead atoms. The van der Waals surface area contributed by atoms with Crippen molar-refractivity contribution in [1.29, 1.82) is 0 Å². The van der Waals surface area contributed by atoms with Gasteiger partial charge in [0, 0.05) is 18.1 Å². The molecule has 7 heteroatoms. The molecule has 0 aliphatic rings. The van der Waals surface area contributed by atoms with E-state index in [4.69, 9.17) is 18.7 Å². The van der Waals surface area contributed by atoms with Gasteiger partial charge in [-0.1, -0.05) is 17.3 Å². The normalized spacial score (nSPS) is 10.4. The molecule has 2 aromatic carbocycles. The van der Waals surface area contributed by atoms with Gasteiger partial charge in [0.2, 0.25) is 11.7 Å². The third kappa shape index (κ3) is 3.83. The lowest BCUT2D eigenvalue weighted by Crippen LogP contribution is -2.12. The van der Waals surface area contributed by atoms with Gasteiger partial charge in [-0.3, -0.25) is 4.79 Å². The maximum Gasteiger partial charge on any atom is 0.223 e. The molecule has 3 aromatic rings. The zero-order valence-corrected chi connectivity index (χ0v) is 14.7. The van der Waals surface area contributed by atoms with Gasteiger partial charge in [0.25, 0.3) is 0 Å². The van der Waals surface area contributed by atoms with E-state index in [0.717, 1.165) is 5.56 Å². The summed E-state index contributed by atoms with van der Waals surface area (Å²) < 4.78 is 21.1. The monoisotopic (exact) mass is 354 g/mol. The van der Waals surface area contributed by atoms with Gasteiger partial charge in [0.1, 0.15) is 5.75 Å². The van der Waals surface area contributed by atoms with E-state index in [1.54, 1.807) is 56.5 Å². The number of methoxy groups -OCH3 is 2. The number of benzene rings is 2. The first kappa shape index (κ1) is 17.5. The summed E-state index contributed by atoms with van der Waals surface area (Å²) in [4.78, 5) is 16.5. The summed E-state index contributed by atoms with van der Waals surface area (Å²) in [6, 6.07) is 12.1. The van der Waals surface area contributed by atoms with Crippen LogP contribution in [0, 0.1) is 6.92 Å². The van der Waals surface area contributed by atoms with E-state index in [9.17, 15) is 4.79 Å². The fourth-order valence-corrected chi connectivity index (χ4v) is 2.37. The summed E-state index contributed by atoms with van der Waals surface area (Å²) in [5.41, 5.74) is 1.24. The number of aromatic nitrogens is 2. The first-order valence-corrected chi connectivity index (χ1v) is 7.89. The zero-order valence-electron chi connectivity index (χ0n) is 14.7. The van der Waals surface area contributed by atoms with Gasteiger partial charge in [-0.25, -0.2) is 0 Å². The fourth-order valence-electron chi connectivity index (χ4n) is 2.37. The lowest BCUT2D eigenvalue weighted by atomic mass is 10.1. The largest absolute Gasteiger partial charge is 0.497 e. The van der Waals surface area contributed by atoms with Gasteiger partial charge >= 0.3 is 0 Å². The van der Waals surface area contributed by atoms with Gasteiger partial charge in [0.15, 0.2) is 23.9 Å². The molecular weight excluding hydrogens is 336 g/mol. The Kier molecular flexibility index (Phi) is 5.17. The van der Waals surface area contributed by atoms with Crippen LogP contribution in [0.3, 0.4) is 0 Å². The van der Waals surface area contributed by atoms with Crippen LogP contribution in [-0.2, 0) is 0 Å². The molecular formula is C19H18N2O5. The zero-order chi connectivity index (χ0) is 18.5. The van der Waals surface area contributed by atoms with Crippen molar-refractivity contribution in [3.8, 4) is 28.6 Å². The SMILES string of the molecule is COc1cccc(C(=O)COc2ccc(-c3noc(C)n3)cc2OC)c1. The van der Waals surface area contributed by atoms with Crippen molar-refractivity contribution in [3.05, 3.63) is 53.9 Å². The smallest absolute Gasteiger partial charge is 0.223 e. The highest BCUT2D eigenvalue weighted by molar-refractivity contribution is 5.97. The molecule has 1 heterocycles. The van der Waals surface area contributed by atoms with Crippen LogP contribution in [-0.4, -0.2) is 36.8 Å². The molecule has 0 radical (unpaired) electrons. The number of rotatable bonds is 7. The lowest BCUT2D eigenvalue weighted by molar-refractivity contribution is 0.0919. The molecule has 0 amide bonds. The molecule has 0 N–H and O–H groups in total.